The molecule has 0 fully saturated rings. The Kier molecular flexibility index (Phi) is 7.38. The van der Waals surface area contributed by atoms with Gasteiger partial charge in [-0.25, -0.2) is 0 Å². The summed E-state index contributed by atoms with van der Waals surface area (Å²) in [6.45, 7) is 9.92. The van der Waals surface area contributed by atoms with Gasteiger partial charge in [0.1, 0.15) is 5.75 Å². The van der Waals surface area contributed by atoms with Crippen molar-refractivity contribution in [3.8, 4) is 5.75 Å². The van der Waals surface area contributed by atoms with Crippen molar-refractivity contribution < 1.29 is 4.74 Å². The molecule has 2 heterocycles. The summed E-state index contributed by atoms with van der Waals surface area (Å²) < 4.78 is 5.90. The van der Waals surface area contributed by atoms with Crippen LogP contribution in [0.25, 0.3) is 0 Å². The number of halogens is 1. The van der Waals surface area contributed by atoms with Crippen LogP contribution in [0.2, 0.25) is 0 Å². The third-order valence-electron chi connectivity index (χ3n) is 3.48. The number of hydrogen-bond donors (Lipinski definition) is 1. The van der Waals surface area contributed by atoms with E-state index >= 15 is 0 Å². The summed E-state index contributed by atoms with van der Waals surface area (Å²) in [5, 5.41) is 3.36. The second-order valence-corrected chi connectivity index (χ2v) is 6.62. The number of nitrogens with zero attached hydrogens (tertiary/aromatic N) is 3. The van der Waals surface area contributed by atoms with Gasteiger partial charge in [0.05, 0.1) is 19.3 Å². The molecule has 0 atom stereocenters. The van der Waals surface area contributed by atoms with Crippen LogP contribution in [0.15, 0.2) is 23.5 Å². The van der Waals surface area contributed by atoms with Crippen LogP contribution in [0.1, 0.15) is 32.8 Å². The van der Waals surface area contributed by atoms with Crippen LogP contribution in [0, 0.1) is 5.41 Å². The van der Waals surface area contributed by atoms with Crippen molar-refractivity contribution >= 4 is 29.9 Å². The molecule has 0 spiro atoms. The van der Waals surface area contributed by atoms with Crippen molar-refractivity contribution in [3.63, 3.8) is 0 Å². The predicted molar refractivity (Wildman–Crippen MR) is 101 cm³/mol. The Morgan fingerprint density at radius 2 is 2.14 bits per heavy atom. The minimum absolute atomic E-state index is 0. The lowest BCUT2D eigenvalue weighted by atomic mass is 9.93. The monoisotopic (exact) mass is 418 g/mol. The number of hydrogen-bond acceptors (Lipinski definition) is 5. The number of aliphatic imine (C=N–C) groups is 1. The zero-order valence-corrected chi connectivity index (χ0v) is 16.3. The first-order valence-corrected chi connectivity index (χ1v) is 7.51. The first-order chi connectivity index (χ1) is 9.96. The first-order valence-electron chi connectivity index (χ1n) is 7.51. The Morgan fingerprint density at radius 1 is 1.36 bits per heavy atom. The van der Waals surface area contributed by atoms with Crippen LogP contribution in [-0.2, 0) is 6.54 Å². The largest absolute Gasteiger partial charge is 0.492 e. The van der Waals surface area contributed by atoms with Crippen LogP contribution < -0.4 is 10.1 Å². The maximum absolute atomic E-state index is 5.90. The molecule has 1 aliphatic heterocycles. The summed E-state index contributed by atoms with van der Waals surface area (Å²) in [4.78, 5) is 10.7. The molecule has 1 N–H and O–H groups in total. The molecule has 124 valence electrons. The summed E-state index contributed by atoms with van der Waals surface area (Å²) in [6.07, 6.45) is 4.61. The molecule has 1 aromatic rings. The van der Waals surface area contributed by atoms with E-state index in [0.29, 0.717) is 13.2 Å². The zero-order chi connectivity index (χ0) is 15.3. The molecule has 6 heteroatoms. The normalized spacial score (nSPS) is 14.4. The van der Waals surface area contributed by atoms with Gasteiger partial charge in [0.15, 0.2) is 5.96 Å². The van der Waals surface area contributed by atoms with Gasteiger partial charge in [-0.2, -0.15) is 0 Å². The van der Waals surface area contributed by atoms with Crippen LogP contribution >= 0.6 is 24.0 Å². The van der Waals surface area contributed by atoms with Crippen molar-refractivity contribution in [1.29, 1.82) is 0 Å². The minimum Gasteiger partial charge on any atom is -0.492 e. The molecule has 0 saturated heterocycles. The number of pyridine rings is 1. The van der Waals surface area contributed by atoms with Gasteiger partial charge in [0.2, 0.25) is 0 Å². The lowest BCUT2D eigenvalue weighted by molar-refractivity contribution is 0.240. The molecule has 5 nitrogen and oxygen atoms in total. The Labute approximate surface area is 150 Å². The summed E-state index contributed by atoms with van der Waals surface area (Å²) >= 11 is 0. The SMILES string of the molecule is CN1CCN=C1NCc1ccncc1OCCC(C)(C)C.I. The van der Waals surface area contributed by atoms with Crippen molar-refractivity contribution in [2.45, 2.75) is 33.7 Å². The molecule has 0 radical (unpaired) electrons. The van der Waals surface area contributed by atoms with E-state index in [2.05, 4.69) is 41.0 Å². The van der Waals surface area contributed by atoms with E-state index in [1.165, 1.54) is 0 Å². The smallest absolute Gasteiger partial charge is 0.194 e. The van der Waals surface area contributed by atoms with Crippen molar-refractivity contribution in [1.82, 2.24) is 15.2 Å². The van der Waals surface area contributed by atoms with Crippen LogP contribution in [0.3, 0.4) is 0 Å². The topological polar surface area (TPSA) is 49.8 Å². The summed E-state index contributed by atoms with van der Waals surface area (Å²) in [5.74, 6) is 1.81. The summed E-state index contributed by atoms with van der Waals surface area (Å²) in [6, 6.07) is 1.99. The van der Waals surface area contributed by atoms with E-state index in [-0.39, 0.29) is 29.4 Å². The fourth-order valence-corrected chi connectivity index (χ4v) is 2.05. The van der Waals surface area contributed by atoms with Gasteiger partial charge in [-0.3, -0.25) is 9.98 Å². The molecule has 0 bridgehead atoms. The van der Waals surface area contributed by atoms with E-state index < -0.39 is 0 Å². The highest BCUT2D eigenvalue weighted by molar-refractivity contribution is 14.0. The second-order valence-electron chi connectivity index (χ2n) is 6.62. The summed E-state index contributed by atoms with van der Waals surface area (Å²) in [5.41, 5.74) is 1.39. The quantitative estimate of drug-likeness (QED) is 0.748. The highest BCUT2D eigenvalue weighted by Crippen LogP contribution is 2.21. The van der Waals surface area contributed by atoms with Crippen LogP contribution in [0.4, 0.5) is 0 Å². The number of nitrogens with one attached hydrogen (secondary N) is 1. The average Bonchev–Trinajstić information content (AvgIpc) is 2.82. The van der Waals surface area contributed by atoms with Gasteiger partial charge in [0, 0.05) is 31.9 Å². The lowest BCUT2D eigenvalue weighted by Gasteiger charge is -2.19. The van der Waals surface area contributed by atoms with Gasteiger partial charge >= 0.3 is 0 Å². The molecule has 0 amide bonds. The minimum atomic E-state index is 0. The number of ether oxygens (including phenoxy) is 1. The third-order valence-corrected chi connectivity index (χ3v) is 3.48. The fourth-order valence-electron chi connectivity index (χ4n) is 2.05. The van der Waals surface area contributed by atoms with E-state index in [4.69, 9.17) is 4.74 Å². The molecule has 22 heavy (non-hydrogen) atoms. The van der Waals surface area contributed by atoms with Crippen molar-refractivity contribution in [2.75, 3.05) is 26.7 Å². The Morgan fingerprint density at radius 3 is 2.77 bits per heavy atom. The van der Waals surface area contributed by atoms with Crippen LogP contribution in [0.5, 0.6) is 5.75 Å². The van der Waals surface area contributed by atoms with E-state index in [9.17, 15) is 0 Å². The molecule has 1 aliphatic rings. The molecule has 0 unspecified atom stereocenters. The molecule has 0 saturated carbocycles. The molecule has 1 aromatic heterocycles. The number of likely N-dealkylation sites (N-methyl/N-ethyl adjacent to an activating group) is 1. The molecule has 0 aliphatic carbocycles. The molecule has 2 rings (SSSR count). The molecular weight excluding hydrogens is 391 g/mol. The average molecular weight is 418 g/mol. The number of aromatic nitrogens is 1. The van der Waals surface area contributed by atoms with E-state index in [0.717, 1.165) is 36.8 Å². The van der Waals surface area contributed by atoms with Crippen molar-refractivity contribution in [2.24, 2.45) is 10.4 Å². The maximum atomic E-state index is 5.90. The standard InChI is InChI=1S/C16H26N4O.HI/c1-16(2,3)6-10-21-14-12-17-7-5-13(14)11-19-15-18-8-9-20(15)4;/h5,7,12H,6,8-11H2,1-4H3,(H,18,19);1H. The number of rotatable bonds is 5. The Hall–Kier alpha value is -1.05. The highest BCUT2D eigenvalue weighted by Gasteiger charge is 2.14. The van der Waals surface area contributed by atoms with Crippen LogP contribution in [-0.4, -0.2) is 42.6 Å². The third kappa shape index (κ3) is 5.98. The zero-order valence-electron chi connectivity index (χ0n) is 13.9. The fraction of sp³-hybridized carbons (Fsp3) is 0.625. The highest BCUT2D eigenvalue weighted by atomic mass is 127. The Balaban J connectivity index is 0.00000242. The lowest BCUT2D eigenvalue weighted by Crippen LogP contribution is -2.35. The second kappa shape index (κ2) is 8.55. The Bertz CT molecular complexity index is 499. The maximum Gasteiger partial charge on any atom is 0.194 e. The van der Waals surface area contributed by atoms with E-state index in [1.54, 1.807) is 12.4 Å². The summed E-state index contributed by atoms with van der Waals surface area (Å²) in [7, 11) is 2.05. The molecule has 0 aromatic carbocycles. The van der Waals surface area contributed by atoms with Crippen molar-refractivity contribution in [3.05, 3.63) is 24.0 Å². The van der Waals surface area contributed by atoms with Gasteiger partial charge in [-0.1, -0.05) is 20.8 Å². The predicted octanol–water partition coefficient (Wildman–Crippen LogP) is 2.91. The molecular formula is C16H27IN4O. The van der Waals surface area contributed by atoms with Gasteiger partial charge < -0.3 is 15.0 Å². The van der Waals surface area contributed by atoms with E-state index in [1.807, 2.05) is 13.1 Å². The number of guanidine groups is 1. The van der Waals surface area contributed by atoms with Gasteiger partial charge in [-0.15, -0.1) is 24.0 Å². The van der Waals surface area contributed by atoms with Gasteiger partial charge in [-0.05, 0) is 17.9 Å². The first kappa shape index (κ1) is 19.0. The van der Waals surface area contributed by atoms with Gasteiger partial charge in [0.25, 0.3) is 0 Å².